The first-order valence-corrected chi connectivity index (χ1v) is 5.01. The second-order valence-corrected chi connectivity index (χ2v) is 3.64. The molecular weight excluding hydrogens is 176 g/mol. The summed E-state index contributed by atoms with van der Waals surface area (Å²) >= 11 is 0. The van der Waals surface area contributed by atoms with Crippen molar-refractivity contribution in [2.45, 2.75) is 33.7 Å². The molecule has 0 atom stereocenters. The zero-order valence-electron chi connectivity index (χ0n) is 9.92. The topological polar surface area (TPSA) is 33.6 Å². The highest BCUT2D eigenvalue weighted by molar-refractivity contribution is 5.93. The van der Waals surface area contributed by atoms with Gasteiger partial charge in [-0.05, 0) is 33.8 Å². The van der Waals surface area contributed by atoms with E-state index in [4.69, 9.17) is 4.74 Å². The molecule has 1 N–H and O–H groups in total. The zero-order valence-corrected chi connectivity index (χ0v) is 9.92. The van der Waals surface area contributed by atoms with Crippen LogP contribution in [0.5, 0.6) is 0 Å². The lowest BCUT2D eigenvalue weighted by Crippen LogP contribution is -2.20. The van der Waals surface area contributed by atoms with E-state index in [-0.39, 0.29) is 0 Å². The van der Waals surface area contributed by atoms with Crippen molar-refractivity contribution < 1.29 is 4.74 Å². The fraction of sp³-hybridized carbons (Fsp3) is 0.727. The third kappa shape index (κ3) is 7.80. The Labute approximate surface area is 87.3 Å². The van der Waals surface area contributed by atoms with Crippen LogP contribution in [0.15, 0.2) is 16.8 Å². The van der Waals surface area contributed by atoms with Gasteiger partial charge in [-0.2, -0.15) is 0 Å². The van der Waals surface area contributed by atoms with Gasteiger partial charge in [-0.3, -0.25) is 4.99 Å². The zero-order chi connectivity index (χ0) is 11.0. The third-order valence-corrected chi connectivity index (χ3v) is 1.60. The SMILES string of the molecule is COCCN=C(C)/C=C(/C)NC(C)C. The highest BCUT2D eigenvalue weighted by atomic mass is 16.5. The molecule has 3 heteroatoms. The van der Waals surface area contributed by atoms with E-state index in [0.717, 1.165) is 18.0 Å². The Kier molecular flexibility index (Phi) is 7.11. The van der Waals surface area contributed by atoms with E-state index in [9.17, 15) is 0 Å². The van der Waals surface area contributed by atoms with Gasteiger partial charge in [0.1, 0.15) is 0 Å². The molecule has 0 saturated heterocycles. The number of aliphatic imine (C=N–C) groups is 1. The molecule has 0 aromatic carbocycles. The van der Waals surface area contributed by atoms with Crippen LogP contribution in [0.25, 0.3) is 0 Å². The van der Waals surface area contributed by atoms with Crippen molar-refractivity contribution >= 4 is 5.71 Å². The lowest BCUT2D eigenvalue weighted by molar-refractivity contribution is 0.208. The van der Waals surface area contributed by atoms with Crippen LogP contribution in [0, 0.1) is 0 Å². The predicted molar refractivity (Wildman–Crippen MR) is 61.9 cm³/mol. The van der Waals surface area contributed by atoms with Crippen LogP contribution in [0.4, 0.5) is 0 Å². The summed E-state index contributed by atoms with van der Waals surface area (Å²) in [6.07, 6.45) is 2.05. The molecule has 0 fully saturated rings. The number of hydrogen-bond acceptors (Lipinski definition) is 3. The summed E-state index contributed by atoms with van der Waals surface area (Å²) in [5.41, 5.74) is 2.19. The molecule has 0 aliphatic heterocycles. The van der Waals surface area contributed by atoms with Crippen LogP contribution in [0.1, 0.15) is 27.7 Å². The van der Waals surface area contributed by atoms with Gasteiger partial charge in [-0.1, -0.05) is 0 Å². The Morgan fingerprint density at radius 2 is 2.07 bits per heavy atom. The van der Waals surface area contributed by atoms with Crippen LogP contribution in [-0.2, 0) is 4.74 Å². The Morgan fingerprint density at radius 3 is 2.57 bits per heavy atom. The summed E-state index contributed by atoms with van der Waals surface area (Å²) < 4.78 is 4.92. The van der Waals surface area contributed by atoms with E-state index in [1.165, 1.54) is 0 Å². The molecule has 3 nitrogen and oxygen atoms in total. The first-order chi connectivity index (χ1) is 6.56. The molecule has 0 heterocycles. The maximum absolute atomic E-state index is 4.92. The molecule has 0 spiro atoms. The Bertz CT molecular complexity index is 207. The van der Waals surface area contributed by atoms with E-state index >= 15 is 0 Å². The maximum atomic E-state index is 4.92. The molecule has 0 radical (unpaired) electrons. The average Bonchev–Trinajstić information content (AvgIpc) is 2.02. The standard InChI is InChI=1S/C11H22N2O/c1-9(2)13-11(4)8-10(3)12-6-7-14-5/h8-9,13H,6-7H2,1-5H3/b11-8-,12-10?. The highest BCUT2D eigenvalue weighted by Gasteiger charge is 1.93. The van der Waals surface area contributed by atoms with Crippen molar-refractivity contribution in [2.24, 2.45) is 4.99 Å². The highest BCUT2D eigenvalue weighted by Crippen LogP contribution is 1.92. The average molecular weight is 198 g/mol. The van der Waals surface area contributed by atoms with E-state index in [2.05, 4.69) is 37.2 Å². The minimum atomic E-state index is 0.470. The van der Waals surface area contributed by atoms with Crippen LogP contribution >= 0.6 is 0 Å². The number of nitrogens with one attached hydrogen (secondary N) is 1. The molecule has 14 heavy (non-hydrogen) atoms. The number of hydrogen-bond donors (Lipinski definition) is 1. The van der Waals surface area contributed by atoms with E-state index in [1.807, 2.05) is 6.92 Å². The summed E-state index contributed by atoms with van der Waals surface area (Å²) in [7, 11) is 1.69. The third-order valence-electron chi connectivity index (χ3n) is 1.60. The van der Waals surface area contributed by atoms with E-state index in [0.29, 0.717) is 12.6 Å². The quantitative estimate of drug-likeness (QED) is 0.523. The Balaban J connectivity index is 3.99. The van der Waals surface area contributed by atoms with Gasteiger partial charge in [0, 0.05) is 24.6 Å². The van der Waals surface area contributed by atoms with Gasteiger partial charge in [-0.15, -0.1) is 0 Å². The molecular formula is C11H22N2O. The minimum Gasteiger partial charge on any atom is -0.386 e. The largest absolute Gasteiger partial charge is 0.386 e. The summed E-state index contributed by atoms with van der Waals surface area (Å²) in [6, 6.07) is 0.470. The summed E-state index contributed by atoms with van der Waals surface area (Å²) in [4.78, 5) is 4.34. The fourth-order valence-electron chi connectivity index (χ4n) is 1.17. The van der Waals surface area contributed by atoms with Crippen LogP contribution in [-0.4, -0.2) is 32.0 Å². The van der Waals surface area contributed by atoms with Crippen molar-refractivity contribution in [3.8, 4) is 0 Å². The lowest BCUT2D eigenvalue weighted by Gasteiger charge is -2.09. The van der Waals surface area contributed by atoms with Crippen molar-refractivity contribution in [1.29, 1.82) is 0 Å². The molecule has 0 aromatic rings. The lowest BCUT2D eigenvalue weighted by atomic mass is 10.3. The molecule has 0 saturated carbocycles. The van der Waals surface area contributed by atoms with E-state index in [1.54, 1.807) is 7.11 Å². The first-order valence-electron chi connectivity index (χ1n) is 5.01. The van der Waals surface area contributed by atoms with Gasteiger partial charge < -0.3 is 10.1 Å². The second kappa shape index (κ2) is 7.56. The van der Waals surface area contributed by atoms with Gasteiger partial charge in [0.15, 0.2) is 0 Å². The Morgan fingerprint density at radius 1 is 1.43 bits per heavy atom. The van der Waals surface area contributed by atoms with Gasteiger partial charge in [0.2, 0.25) is 0 Å². The number of allylic oxidation sites excluding steroid dienone is 2. The summed E-state index contributed by atoms with van der Waals surface area (Å²) in [5, 5.41) is 3.31. The summed E-state index contributed by atoms with van der Waals surface area (Å²) in [5.74, 6) is 0. The normalized spacial score (nSPS) is 13.6. The molecule has 0 aromatic heterocycles. The number of nitrogens with zero attached hydrogens (tertiary/aromatic N) is 1. The van der Waals surface area contributed by atoms with Gasteiger partial charge in [0.25, 0.3) is 0 Å². The van der Waals surface area contributed by atoms with Gasteiger partial charge in [0.05, 0.1) is 13.2 Å². The van der Waals surface area contributed by atoms with Crippen molar-refractivity contribution in [2.75, 3.05) is 20.3 Å². The molecule has 0 unspecified atom stereocenters. The fourth-order valence-corrected chi connectivity index (χ4v) is 1.17. The molecule has 0 rings (SSSR count). The molecule has 0 amide bonds. The molecule has 0 aliphatic carbocycles. The van der Waals surface area contributed by atoms with Crippen LogP contribution in [0.3, 0.4) is 0 Å². The monoisotopic (exact) mass is 198 g/mol. The number of ether oxygens (including phenoxy) is 1. The van der Waals surface area contributed by atoms with Crippen LogP contribution in [0.2, 0.25) is 0 Å². The van der Waals surface area contributed by atoms with Crippen molar-refractivity contribution in [3.05, 3.63) is 11.8 Å². The molecule has 0 aliphatic rings. The van der Waals surface area contributed by atoms with Gasteiger partial charge >= 0.3 is 0 Å². The Hall–Kier alpha value is -0.830. The molecule has 0 bridgehead atoms. The van der Waals surface area contributed by atoms with Crippen LogP contribution < -0.4 is 5.32 Å². The van der Waals surface area contributed by atoms with Crippen molar-refractivity contribution in [1.82, 2.24) is 5.32 Å². The number of methoxy groups -OCH3 is 1. The first kappa shape index (κ1) is 13.2. The second-order valence-electron chi connectivity index (χ2n) is 3.64. The van der Waals surface area contributed by atoms with E-state index < -0.39 is 0 Å². The maximum Gasteiger partial charge on any atom is 0.0658 e. The summed E-state index contributed by atoms with van der Waals surface area (Å²) in [6.45, 7) is 9.70. The molecule has 82 valence electrons. The van der Waals surface area contributed by atoms with Gasteiger partial charge in [-0.25, -0.2) is 0 Å². The smallest absolute Gasteiger partial charge is 0.0658 e. The van der Waals surface area contributed by atoms with Crippen molar-refractivity contribution in [3.63, 3.8) is 0 Å². The minimum absolute atomic E-state index is 0.470. The predicted octanol–water partition coefficient (Wildman–Crippen LogP) is 2.00. The number of rotatable bonds is 6.